The van der Waals surface area contributed by atoms with Gasteiger partial charge in [0, 0.05) is 18.0 Å². The highest BCUT2D eigenvalue weighted by Gasteiger charge is 2.26. The van der Waals surface area contributed by atoms with E-state index in [1.165, 1.54) is 0 Å². The number of pyridine rings is 1. The molecular formula is C21H16N2O3. The molecule has 0 unspecified atom stereocenters. The van der Waals surface area contributed by atoms with Gasteiger partial charge in [0.25, 0.3) is 5.91 Å². The zero-order chi connectivity index (χ0) is 17.9. The molecule has 4 rings (SSSR count). The van der Waals surface area contributed by atoms with Crippen LogP contribution in [0.2, 0.25) is 0 Å². The maximum Gasteiger partial charge on any atom is 0.265 e. The molecule has 1 aliphatic rings. The van der Waals surface area contributed by atoms with E-state index >= 15 is 0 Å². The van der Waals surface area contributed by atoms with Crippen LogP contribution in [0, 0.1) is 0 Å². The quantitative estimate of drug-likeness (QED) is 0.680. The van der Waals surface area contributed by atoms with E-state index in [1.54, 1.807) is 35.5 Å². The number of anilines is 1. The van der Waals surface area contributed by atoms with E-state index in [1.807, 2.05) is 30.3 Å². The summed E-state index contributed by atoms with van der Waals surface area (Å²) in [5.74, 6) is 0.482. The third-order valence-corrected chi connectivity index (χ3v) is 4.34. The number of nitrogens with zero attached hydrogens (tertiary/aromatic N) is 2. The zero-order valence-corrected chi connectivity index (χ0v) is 14.0. The lowest BCUT2D eigenvalue weighted by Gasteiger charge is -2.29. The lowest BCUT2D eigenvalue weighted by atomic mass is 10.0. The maximum absolute atomic E-state index is 12.4. The molecule has 1 aliphatic heterocycles. The van der Waals surface area contributed by atoms with Gasteiger partial charge in [-0.3, -0.25) is 14.6 Å². The largest absolute Gasteiger partial charge is 0.482 e. The minimum absolute atomic E-state index is 0.00250. The van der Waals surface area contributed by atoms with Crippen LogP contribution in [0.15, 0.2) is 67.0 Å². The summed E-state index contributed by atoms with van der Waals surface area (Å²) in [6.45, 7) is 0.411. The third-order valence-electron chi connectivity index (χ3n) is 4.34. The monoisotopic (exact) mass is 344 g/mol. The summed E-state index contributed by atoms with van der Waals surface area (Å²) in [6, 6.07) is 17.0. The molecule has 0 saturated heterocycles. The minimum atomic E-state index is -0.130. The van der Waals surface area contributed by atoms with Gasteiger partial charge < -0.3 is 9.64 Å². The van der Waals surface area contributed by atoms with Crippen LogP contribution < -0.4 is 9.64 Å². The van der Waals surface area contributed by atoms with Gasteiger partial charge in [-0.25, -0.2) is 0 Å². The Morgan fingerprint density at radius 3 is 2.69 bits per heavy atom. The van der Waals surface area contributed by atoms with Crippen molar-refractivity contribution < 1.29 is 14.3 Å². The van der Waals surface area contributed by atoms with Gasteiger partial charge in [0.2, 0.25) is 0 Å². The number of aldehydes is 1. The summed E-state index contributed by atoms with van der Waals surface area (Å²) < 4.78 is 5.48. The van der Waals surface area contributed by atoms with Gasteiger partial charge in [0.05, 0.1) is 12.2 Å². The molecule has 0 fully saturated rings. The Hall–Kier alpha value is -3.47. The first-order valence-electron chi connectivity index (χ1n) is 8.26. The molecule has 5 nitrogen and oxygen atoms in total. The normalized spacial score (nSPS) is 13.1. The van der Waals surface area contributed by atoms with E-state index in [2.05, 4.69) is 11.1 Å². The number of carbonyl (C=O) groups excluding carboxylic acids is 2. The molecule has 2 heterocycles. The van der Waals surface area contributed by atoms with E-state index in [-0.39, 0.29) is 12.5 Å². The van der Waals surface area contributed by atoms with Crippen LogP contribution in [-0.2, 0) is 11.3 Å². The predicted molar refractivity (Wildman–Crippen MR) is 98.2 cm³/mol. The number of rotatable bonds is 4. The number of hydrogen-bond donors (Lipinski definition) is 0. The van der Waals surface area contributed by atoms with E-state index in [0.29, 0.717) is 23.5 Å². The second-order valence-electron chi connectivity index (χ2n) is 6.05. The second-order valence-corrected chi connectivity index (χ2v) is 6.05. The van der Waals surface area contributed by atoms with Crippen LogP contribution in [0.25, 0.3) is 11.1 Å². The molecule has 0 bridgehead atoms. The number of ether oxygens (including phenoxy) is 1. The molecule has 0 aliphatic carbocycles. The number of aromatic nitrogens is 1. The van der Waals surface area contributed by atoms with Crippen molar-refractivity contribution >= 4 is 17.9 Å². The fourth-order valence-electron chi connectivity index (χ4n) is 3.04. The molecule has 0 atom stereocenters. The third kappa shape index (κ3) is 3.07. The van der Waals surface area contributed by atoms with Gasteiger partial charge in [-0.05, 0) is 53.1 Å². The van der Waals surface area contributed by atoms with Crippen molar-refractivity contribution in [2.24, 2.45) is 0 Å². The van der Waals surface area contributed by atoms with Crippen LogP contribution in [0.1, 0.15) is 15.9 Å². The molecule has 0 saturated carbocycles. The topological polar surface area (TPSA) is 59.5 Å². The van der Waals surface area contributed by atoms with Crippen molar-refractivity contribution in [1.82, 2.24) is 4.98 Å². The first-order valence-corrected chi connectivity index (χ1v) is 8.26. The molecule has 1 amide bonds. The molecule has 5 heteroatoms. The van der Waals surface area contributed by atoms with Crippen molar-refractivity contribution in [3.63, 3.8) is 0 Å². The van der Waals surface area contributed by atoms with Crippen molar-refractivity contribution in [2.75, 3.05) is 11.5 Å². The molecule has 0 N–H and O–H groups in total. The van der Waals surface area contributed by atoms with Crippen molar-refractivity contribution in [3.8, 4) is 16.9 Å². The molecular weight excluding hydrogens is 328 g/mol. The predicted octanol–water partition coefficient (Wildman–Crippen LogP) is 3.49. The van der Waals surface area contributed by atoms with Crippen molar-refractivity contribution in [1.29, 1.82) is 0 Å². The van der Waals surface area contributed by atoms with E-state index < -0.39 is 0 Å². The molecule has 2 aromatic carbocycles. The fraction of sp³-hybridized carbons (Fsp3) is 0.0952. The van der Waals surface area contributed by atoms with Crippen LogP contribution in [0.4, 0.5) is 5.69 Å². The minimum Gasteiger partial charge on any atom is -0.482 e. The Balaban J connectivity index is 1.68. The highest BCUT2D eigenvalue weighted by molar-refractivity contribution is 5.98. The average Bonchev–Trinajstić information content (AvgIpc) is 2.70. The van der Waals surface area contributed by atoms with E-state index in [9.17, 15) is 9.59 Å². The van der Waals surface area contributed by atoms with Crippen LogP contribution in [0.3, 0.4) is 0 Å². The Kier molecular flexibility index (Phi) is 4.19. The Morgan fingerprint density at radius 1 is 1.04 bits per heavy atom. The lowest BCUT2D eigenvalue weighted by molar-refractivity contribution is -0.121. The number of amides is 1. The average molecular weight is 344 g/mol. The second kappa shape index (κ2) is 6.80. The Labute approximate surface area is 150 Å². The first kappa shape index (κ1) is 16.0. The number of carbonyl (C=O) groups is 2. The van der Waals surface area contributed by atoms with Gasteiger partial charge in [-0.15, -0.1) is 0 Å². The summed E-state index contributed by atoms with van der Waals surface area (Å²) in [5.41, 5.74) is 4.26. The van der Waals surface area contributed by atoms with Crippen molar-refractivity contribution in [2.45, 2.75) is 6.54 Å². The van der Waals surface area contributed by atoms with Crippen LogP contribution >= 0.6 is 0 Å². The molecule has 128 valence electrons. The Bertz CT molecular complexity index is 970. The maximum atomic E-state index is 12.4. The number of hydrogen-bond acceptors (Lipinski definition) is 4. The molecule has 3 aromatic rings. The lowest BCUT2D eigenvalue weighted by Crippen LogP contribution is -2.38. The number of fused-ring (bicyclic) bond motifs is 1. The summed E-state index contributed by atoms with van der Waals surface area (Å²) in [6.07, 6.45) is 4.27. The van der Waals surface area contributed by atoms with E-state index in [0.717, 1.165) is 23.0 Å². The standard InChI is InChI=1S/C21H16N2O3/c24-13-16-4-5-20-19(11-16)23(21(25)14-26-20)12-15-2-1-3-18(10-15)17-6-8-22-9-7-17/h1-11,13H,12,14H2. The summed E-state index contributed by atoms with van der Waals surface area (Å²) in [4.78, 5) is 29.2. The van der Waals surface area contributed by atoms with Gasteiger partial charge in [-0.1, -0.05) is 18.2 Å². The highest BCUT2D eigenvalue weighted by Crippen LogP contribution is 2.34. The summed E-state index contributed by atoms with van der Waals surface area (Å²) in [5, 5.41) is 0. The van der Waals surface area contributed by atoms with Crippen LogP contribution in [-0.4, -0.2) is 23.8 Å². The van der Waals surface area contributed by atoms with Gasteiger partial charge >= 0.3 is 0 Å². The molecule has 0 spiro atoms. The Morgan fingerprint density at radius 2 is 1.88 bits per heavy atom. The fourth-order valence-corrected chi connectivity index (χ4v) is 3.04. The van der Waals surface area contributed by atoms with Crippen molar-refractivity contribution in [3.05, 3.63) is 78.1 Å². The van der Waals surface area contributed by atoms with Gasteiger partial charge in [0.1, 0.15) is 12.0 Å². The highest BCUT2D eigenvalue weighted by atomic mass is 16.5. The molecule has 1 aromatic heterocycles. The SMILES string of the molecule is O=Cc1ccc2c(c1)N(Cc1cccc(-c3ccncc3)c1)C(=O)CO2. The molecule has 0 radical (unpaired) electrons. The van der Waals surface area contributed by atoms with Crippen LogP contribution in [0.5, 0.6) is 5.75 Å². The molecule has 26 heavy (non-hydrogen) atoms. The zero-order valence-electron chi connectivity index (χ0n) is 14.0. The summed E-state index contributed by atoms with van der Waals surface area (Å²) in [7, 11) is 0. The summed E-state index contributed by atoms with van der Waals surface area (Å²) >= 11 is 0. The van der Waals surface area contributed by atoms with E-state index in [4.69, 9.17) is 4.74 Å². The van der Waals surface area contributed by atoms with Gasteiger partial charge in [-0.2, -0.15) is 0 Å². The number of benzene rings is 2. The smallest absolute Gasteiger partial charge is 0.265 e. The first-order chi connectivity index (χ1) is 12.7. The van der Waals surface area contributed by atoms with Gasteiger partial charge in [0.15, 0.2) is 6.61 Å².